The molecule has 0 saturated carbocycles. The van der Waals surface area contributed by atoms with Gasteiger partial charge in [0.05, 0.1) is 12.1 Å². The molecule has 1 fully saturated rings. The maximum absolute atomic E-state index is 12.5. The molecule has 1 aromatic rings. The van der Waals surface area contributed by atoms with E-state index >= 15 is 0 Å². The van der Waals surface area contributed by atoms with Crippen LogP contribution in [0.1, 0.15) is 56.6 Å². The molecule has 7 nitrogen and oxygen atoms in total. The number of fused-ring (bicyclic) bond motifs is 1. The summed E-state index contributed by atoms with van der Waals surface area (Å²) >= 11 is 0. The van der Waals surface area contributed by atoms with Gasteiger partial charge in [0.1, 0.15) is 19.3 Å². The number of aliphatic hydroxyl groups is 1. The molecule has 2 aliphatic heterocycles. The zero-order valence-corrected chi connectivity index (χ0v) is 16.9. The van der Waals surface area contributed by atoms with E-state index in [1.54, 1.807) is 0 Å². The first kappa shape index (κ1) is 21.4. The summed E-state index contributed by atoms with van der Waals surface area (Å²) in [6.07, 6.45) is 4.86. The second kappa shape index (κ2) is 11.0. The van der Waals surface area contributed by atoms with Crippen LogP contribution in [0.4, 0.5) is 0 Å². The Morgan fingerprint density at radius 1 is 1.17 bits per heavy atom. The predicted molar refractivity (Wildman–Crippen MR) is 109 cm³/mol. The summed E-state index contributed by atoms with van der Waals surface area (Å²) in [5.41, 5.74) is 0.716. The second-order valence-electron chi connectivity index (χ2n) is 7.75. The summed E-state index contributed by atoms with van der Waals surface area (Å²) in [5.74, 6) is 1.27. The Balaban J connectivity index is 1.62. The molecule has 0 aliphatic carbocycles. The number of aliphatic hydroxyl groups excluding tert-OH is 1. The normalized spacial score (nSPS) is 18.1. The molecule has 0 aromatic heterocycles. The first-order chi connectivity index (χ1) is 14.2. The molecular weight excluding hydrogens is 370 g/mol. The largest absolute Gasteiger partial charge is 0.486 e. The molecule has 1 amide bonds. The van der Waals surface area contributed by atoms with Crippen molar-refractivity contribution in [1.29, 1.82) is 5.26 Å². The van der Waals surface area contributed by atoms with E-state index in [0.29, 0.717) is 49.7 Å². The fourth-order valence-corrected chi connectivity index (χ4v) is 3.89. The molecule has 158 valence electrons. The molecule has 1 saturated heterocycles. The highest BCUT2D eigenvalue weighted by Gasteiger charge is 2.27. The van der Waals surface area contributed by atoms with Crippen LogP contribution in [0.3, 0.4) is 0 Å². The van der Waals surface area contributed by atoms with E-state index in [1.807, 2.05) is 18.2 Å². The highest BCUT2D eigenvalue weighted by molar-refractivity contribution is 5.76. The Labute approximate surface area is 172 Å². The molecule has 1 aromatic carbocycles. The zero-order chi connectivity index (χ0) is 20.5. The SMILES string of the molecule is N#CCCCCCC(=O)N[C@H](CN1CCCC1)[C@H](O)c1ccc2c(c1)OCCO2. The lowest BCUT2D eigenvalue weighted by Crippen LogP contribution is -2.46. The van der Waals surface area contributed by atoms with Gasteiger partial charge in [-0.2, -0.15) is 5.26 Å². The molecule has 7 heteroatoms. The number of benzene rings is 1. The number of nitrogens with one attached hydrogen (secondary N) is 1. The van der Waals surface area contributed by atoms with Gasteiger partial charge in [0.25, 0.3) is 0 Å². The van der Waals surface area contributed by atoms with Gasteiger partial charge in [0, 0.05) is 19.4 Å². The highest BCUT2D eigenvalue weighted by atomic mass is 16.6. The van der Waals surface area contributed by atoms with Crippen molar-refractivity contribution in [2.45, 2.75) is 57.1 Å². The molecular formula is C22H31N3O4. The van der Waals surface area contributed by atoms with Gasteiger partial charge in [-0.05, 0) is 56.5 Å². The Kier molecular flexibility index (Phi) is 8.14. The molecule has 0 unspecified atom stereocenters. The number of unbranched alkanes of at least 4 members (excludes halogenated alkanes) is 3. The third-order valence-corrected chi connectivity index (χ3v) is 5.48. The van der Waals surface area contributed by atoms with Crippen molar-refractivity contribution in [3.63, 3.8) is 0 Å². The maximum Gasteiger partial charge on any atom is 0.220 e. The number of carbonyl (C=O) groups is 1. The van der Waals surface area contributed by atoms with E-state index in [2.05, 4.69) is 16.3 Å². The third kappa shape index (κ3) is 6.34. The predicted octanol–water partition coefficient (Wildman–Crippen LogP) is 2.55. The molecule has 0 bridgehead atoms. The van der Waals surface area contributed by atoms with Crippen LogP contribution in [0.25, 0.3) is 0 Å². The minimum atomic E-state index is -0.825. The second-order valence-corrected chi connectivity index (χ2v) is 7.75. The minimum absolute atomic E-state index is 0.0530. The fourth-order valence-electron chi connectivity index (χ4n) is 3.89. The average molecular weight is 402 g/mol. The molecule has 2 heterocycles. The van der Waals surface area contributed by atoms with Crippen molar-refractivity contribution in [3.8, 4) is 17.6 Å². The Bertz CT molecular complexity index is 712. The van der Waals surface area contributed by atoms with Crippen LogP contribution in [0, 0.1) is 11.3 Å². The van der Waals surface area contributed by atoms with Crippen LogP contribution in [-0.2, 0) is 4.79 Å². The summed E-state index contributed by atoms with van der Waals surface area (Å²) in [6.45, 7) is 3.63. The van der Waals surface area contributed by atoms with Crippen molar-refractivity contribution >= 4 is 5.91 Å². The lowest BCUT2D eigenvalue weighted by Gasteiger charge is -2.29. The summed E-state index contributed by atoms with van der Waals surface area (Å²) in [7, 11) is 0. The number of nitriles is 1. The molecule has 3 rings (SSSR count). The summed E-state index contributed by atoms with van der Waals surface area (Å²) < 4.78 is 11.2. The van der Waals surface area contributed by atoms with Crippen LogP contribution >= 0.6 is 0 Å². The van der Waals surface area contributed by atoms with Crippen molar-refractivity contribution in [1.82, 2.24) is 10.2 Å². The summed E-state index contributed by atoms with van der Waals surface area (Å²) in [6, 6.07) is 7.20. The van der Waals surface area contributed by atoms with Gasteiger partial charge < -0.3 is 24.8 Å². The Morgan fingerprint density at radius 3 is 2.69 bits per heavy atom. The van der Waals surface area contributed by atoms with Crippen LogP contribution in [-0.4, -0.2) is 54.8 Å². The lowest BCUT2D eigenvalue weighted by molar-refractivity contribution is -0.123. The summed E-state index contributed by atoms with van der Waals surface area (Å²) in [5, 5.41) is 22.7. The number of rotatable bonds is 10. The molecule has 2 N–H and O–H groups in total. The highest BCUT2D eigenvalue weighted by Crippen LogP contribution is 2.33. The van der Waals surface area contributed by atoms with E-state index in [1.165, 1.54) is 0 Å². The van der Waals surface area contributed by atoms with Crippen LogP contribution in [0.15, 0.2) is 18.2 Å². The molecule has 0 radical (unpaired) electrons. The average Bonchev–Trinajstić information content (AvgIpc) is 3.25. The van der Waals surface area contributed by atoms with E-state index in [-0.39, 0.29) is 11.9 Å². The van der Waals surface area contributed by atoms with Crippen molar-refractivity contribution in [3.05, 3.63) is 23.8 Å². The summed E-state index contributed by atoms with van der Waals surface area (Å²) in [4.78, 5) is 14.8. The Morgan fingerprint density at radius 2 is 1.93 bits per heavy atom. The minimum Gasteiger partial charge on any atom is -0.486 e. The first-order valence-electron chi connectivity index (χ1n) is 10.6. The van der Waals surface area contributed by atoms with Crippen molar-refractivity contribution < 1.29 is 19.4 Å². The number of carbonyl (C=O) groups excluding carboxylic acids is 1. The first-order valence-corrected chi connectivity index (χ1v) is 10.6. The molecule has 2 atom stereocenters. The quantitative estimate of drug-likeness (QED) is 0.585. The van der Waals surface area contributed by atoms with Crippen LogP contribution in [0.5, 0.6) is 11.5 Å². The van der Waals surface area contributed by atoms with Gasteiger partial charge in [-0.3, -0.25) is 4.79 Å². The van der Waals surface area contributed by atoms with E-state index < -0.39 is 6.10 Å². The third-order valence-electron chi connectivity index (χ3n) is 5.48. The zero-order valence-electron chi connectivity index (χ0n) is 16.9. The number of hydrogen-bond acceptors (Lipinski definition) is 6. The number of ether oxygens (including phenoxy) is 2. The number of amides is 1. The lowest BCUT2D eigenvalue weighted by atomic mass is 10.0. The fraction of sp³-hybridized carbons (Fsp3) is 0.636. The topological polar surface area (TPSA) is 94.8 Å². The number of likely N-dealkylation sites (tertiary alicyclic amines) is 1. The van der Waals surface area contributed by atoms with Crippen LogP contribution in [0.2, 0.25) is 0 Å². The van der Waals surface area contributed by atoms with Crippen molar-refractivity contribution in [2.24, 2.45) is 0 Å². The monoisotopic (exact) mass is 401 g/mol. The molecule has 29 heavy (non-hydrogen) atoms. The van der Waals surface area contributed by atoms with Gasteiger partial charge in [0.15, 0.2) is 11.5 Å². The maximum atomic E-state index is 12.5. The van der Waals surface area contributed by atoms with Gasteiger partial charge in [-0.1, -0.05) is 12.5 Å². The van der Waals surface area contributed by atoms with Gasteiger partial charge in [-0.15, -0.1) is 0 Å². The molecule has 0 spiro atoms. The van der Waals surface area contributed by atoms with E-state index in [4.69, 9.17) is 14.7 Å². The van der Waals surface area contributed by atoms with Crippen LogP contribution < -0.4 is 14.8 Å². The van der Waals surface area contributed by atoms with E-state index in [0.717, 1.165) is 45.2 Å². The Hall–Kier alpha value is -2.30. The van der Waals surface area contributed by atoms with E-state index in [9.17, 15) is 9.90 Å². The number of nitrogens with zero attached hydrogens (tertiary/aromatic N) is 2. The smallest absolute Gasteiger partial charge is 0.220 e. The van der Waals surface area contributed by atoms with Crippen molar-refractivity contribution in [2.75, 3.05) is 32.8 Å². The molecule has 2 aliphatic rings. The van der Waals surface area contributed by atoms with Gasteiger partial charge in [0.2, 0.25) is 5.91 Å². The van der Waals surface area contributed by atoms with Gasteiger partial charge in [-0.25, -0.2) is 0 Å². The number of hydrogen-bond donors (Lipinski definition) is 2. The van der Waals surface area contributed by atoms with Gasteiger partial charge >= 0.3 is 0 Å². The standard InChI is InChI=1S/C22H31N3O4/c23-10-4-2-1-3-7-21(26)24-18(16-25-11-5-6-12-25)22(27)17-8-9-19-20(15-17)29-14-13-28-19/h8-9,15,18,22,27H,1-7,11-14,16H2,(H,24,26)/t18-,22-/m1/s1.